The van der Waals surface area contributed by atoms with E-state index in [0.717, 1.165) is 16.3 Å². The molecule has 9 heteroatoms. The topological polar surface area (TPSA) is 81.8 Å². The Morgan fingerprint density at radius 1 is 1.38 bits per heavy atom. The third-order valence-corrected chi connectivity index (χ3v) is 5.92. The minimum absolute atomic E-state index is 0.0169. The Bertz CT molecular complexity index is 925. The van der Waals surface area contributed by atoms with E-state index < -0.39 is 10.0 Å². The molecule has 0 amide bonds. The summed E-state index contributed by atoms with van der Waals surface area (Å²) < 4.78 is 31.0. The third-order valence-electron chi connectivity index (χ3n) is 3.63. The highest BCUT2D eigenvalue weighted by atomic mass is 32.2. The fraction of sp³-hybridized carbons (Fsp3) is 0.333. The normalized spacial score (nSPS) is 13.3. The van der Waals surface area contributed by atoms with Crippen molar-refractivity contribution in [3.8, 4) is 0 Å². The first-order chi connectivity index (χ1) is 11.4. The van der Waals surface area contributed by atoms with Crippen molar-refractivity contribution in [2.24, 2.45) is 7.05 Å². The first-order valence-electron chi connectivity index (χ1n) is 7.40. The Morgan fingerprint density at radius 3 is 2.71 bits per heavy atom. The zero-order valence-corrected chi connectivity index (χ0v) is 15.3. The zero-order valence-electron chi connectivity index (χ0n) is 13.7. The van der Waals surface area contributed by atoms with Gasteiger partial charge < -0.3 is 4.57 Å². The quantitative estimate of drug-likeness (QED) is 0.723. The molecule has 0 fully saturated rings. The molecule has 3 aromatic heterocycles. The summed E-state index contributed by atoms with van der Waals surface area (Å²) in [5.74, 6) is 0. The Balaban J connectivity index is 1.87. The second-order valence-corrected chi connectivity index (χ2v) is 8.33. The first kappa shape index (κ1) is 16.9. The van der Waals surface area contributed by atoms with Crippen LogP contribution in [-0.4, -0.2) is 34.3 Å². The second kappa shape index (κ2) is 6.50. The average molecular weight is 365 g/mol. The Labute approximate surface area is 145 Å². The van der Waals surface area contributed by atoms with Crippen molar-refractivity contribution in [2.45, 2.75) is 24.9 Å². The van der Waals surface area contributed by atoms with Gasteiger partial charge in [-0.3, -0.25) is 4.68 Å². The molecule has 0 bridgehead atoms. The predicted molar refractivity (Wildman–Crippen MR) is 92.6 cm³/mol. The molecule has 128 valence electrons. The number of thiophene rings is 1. The van der Waals surface area contributed by atoms with Gasteiger partial charge in [0.15, 0.2) is 5.03 Å². The number of nitrogens with zero attached hydrogens (tertiary/aromatic N) is 4. The number of rotatable bonds is 6. The van der Waals surface area contributed by atoms with E-state index >= 15 is 0 Å². The van der Waals surface area contributed by atoms with Crippen LogP contribution in [0.1, 0.15) is 22.3 Å². The minimum Gasteiger partial charge on any atom is -0.339 e. The maximum absolute atomic E-state index is 12.4. The monoisotopic (exact) mass is 365 g/mol. The minimum atomic E-state index is -3.66. The lowest BCUT2D eigenvalue weighted by atomic mass is 10.2. The molecule has 24 heavy (non-hydrogen) atoms. The van der Waals surface area contributed by atoms with Crippen LogP contribution in [-0.2, 0) is 17.1 Å². The van der Waals surface area contributed by atoms with E-state index in [1.165, 1.54) is 12.5 Å². The van der Waals surface area contributed by atoms with Crippen LogP contribution in [0.25, 0.3) is 0 Å². The van der Waals surface area contributed by atoms with Crippen molar-refractivity contribution in [2.75, 3.05) is 6.54 Å². The Morgan fingerprint density at radius 2 is 2.17 bits per heavy atom. The maximum Gasteiger partial charge on any atom is 0.259 e. The van der Waals surface area contributed by atoms with Crippen LogP contribution in [0.15, 0.2) is 41.1 Å². The van der Waals surface area contributed by atoms with Crippen molar-refractivity contribution in [3.63, 3.8) is 0 Å². The number of hydrogen-bond acceptors (Lipinski definition) is 5. The van der Waals surface area contributed by atoms with E-state index in [9.17, 15) is 8.42 Å². The summed E-state index contributed by atoms with van der Waals surface area (Å²) in [6, 6.07) is 5.72. The Hall–Kier alpha value is -1.97. The zero-order chi connectivity index (χ0) is 17.3. The molecule has 3 heterocycles. The van der Waals surface area contributed by atoms with E-state index in [-0.39, 0.29) is 17.6 Å². The molecular formula is C15H19N5O2S2. The van der Waals surface area contributed by atoms with Crippen molar-refractivity contribution in [1.29, 1.82) is 0 Å². The van der Waals surface area contributed by atoms with Crippen LogP contribution in [0.3, 0.4) is 0 Å². The van der Waals surface area contributed by atoms with Gasteiger partial charge >= 0.3 is 0 Å². The van der Waals surface area contributed by atoms with Gasteiger partial charge in [0.25, 0.3) is 10.0 Å². The van der Waals surface area contributed by atoms with E-state index in [1.54, 1.807) is 23.0 Å². The summed E-state index contributed by atoms with van der Waals surface area (Å²) in [6.45, 7) is 4.10. The highest BCUT2D eigenvalue weighted by Crippen LogP contribution is 2.24. The summed E-state index contributed by atoms with van der Waals surface area (Å²) >= 11 is 1.58. The molecule has 7 nitrogen and oxygen atoms in total. The molecule has 1 unspecified atom stereocenters. The third kappa shape index (κ3) is 3.42. The van der Waals surface area contributed by atoms with E-state index in [2.05, 4.69) is 14.8 Å². The second-order valence-electron chi connectivity index (χ2n) is 5.63. The number of hydrogen-bond donors (Lipinski definition) is 1. The van der Waals surface area contributed by atoms with Crippen LogP contribution in [0, 0.1) is 13.8 Å². The fourth-order valence-corrected chi connectivity index (χ4v) is 4.37. The van der Waals surface area contributed by atoms with Crippen LogP contribution >= 0.6 is 11.3 Å². The summed E-state index contributed by atoms with van der Waals surface area (Å²) in [6.07, 6.45) is 2.94. The SMILES string of the molecule is Cc1cc(C)n(C(CNS(=O)(=O)c2cn(C)cn2)c2cccs2)n1. The van der Waals surface area contributed by atoms with E-state index in [0.29, 0.717) is 0 Å². The lowest BCUT2D eigenvalue weighted by Gasteiger charge is -2.18. The molecular weight excluding hydrogens is 346 g/mol. The number of sulfonamides is 1. The molecule has 3 rings (SSSR count). The number of nitrogens with one attached hydrogen (secondary N) is 1. The first-order valence-corrected chi connectivity index (χ1v) is 9.77. The van der Waals surface area contributed by atoms with Crippen molar-refractivity contribution < 1.29 is 8.42 Å². The number of aryl methyl sites for hydroxylation is 3. The molecule has 0 aliphatic heterocycles. The van der Waals surface area contributed by atoms with Gasteiger partial charge in [-0.15, -0.1) is 11.3 Å². The standard InChI is InChI=1S/C15H19N5O2S2/c1-11-7-12(2)20(18-11)13(14-5-4-6-23-14)8-17-24(21,22)15-9-19(3)10-16-15/h4-7,9-10,13,17H,8H2,1-3H3. The van der Waals surface area contributed by atoms with Gasteiger partial charge in [-0.25, -0.2) is 18.1 Å². The van der Waals surface area contributed by atoms with Gasteiger partial charge in [-0.05, 0) is 31.4 Å². The van der Waals surface area contributed by atoms with Gasteiger partial charge in [-0.2, -0.15) is 5.10 Å². The molecule has 0 aliphatic carbocycles. The molecule has 1 atom stereocenters. The van der Waals surface area contributed by atoms with Gasteiger partial charge in [0.2, 0.25) is 0 Å². The van der Waals surface area contributed by atoms with E-state index in [1.807, 2.05) is 42.1 Å². The number of aromatic nitrogens is 4. The molecule has 0 spiro atoms. The summed E-state index contributed by atoms with van der Waals surface area (Å²) in [4.78, 5) is 4.96. The van der Waals surface area contributed by atoms with Crippen LogP contribution in [0.2, 0.25) is 0 Å². The molecule has 0 radical (unpaired) electrons. The Kier molecular flexibility index (Phi) is 4.57. The van der Waals surface area contributed by atoms with Crippen molar-refractivity contribution in [1.82, 2.24) is 24.1 Å². The molecule has 0 aromatic carbocycles. The van der Waals surface area contributed by atoms with Crippen LogP contribution in [0.5, 0.6) is 0 Å². The largest absolute Gasteiger partial charge is 0.339 e. The molecule has 0 aliphatic rings. The molecule has 0 saturated heterocycles. The van der Waals surface area contributed by atoms with Crippen LogP contribution < -0.4 is 4.72 Å². The van der Waals surface area contributed by atoms with Crippen molar-refractivity contribution in [3.05, 3.63) is 52.4 Å². The summed E-state index contributed by atoms with van der Waals surface area (Å²) in [7, 11) is -1.93. The fourth-order valence-electron chi connectivity index (χ4n) is 2.54. The summed E-state index contributed by atoms with van der Waals surface area (Å²) in [5, 5.41) is 6.50. The highest BCUT2D eigenvalue weighted by Gasteiger charge is 2.23. The summed E-state index contributed by atoms with van der Waals surface area (Å²) in [5.41, 5.74) is 1.89. The molecule has 0 saturated carbocycles. The van der Waals surface area contributed by atoms with Gasteiger partial charge in [0.05, 0.1) is 18.1 Å². The number of imidazole rings is 1. The lowest BCUT2D eigenvalue weighted by Crippen LogP contribution is -2.32. The van der Waals surface area contributed by atoms with Gasteiger partial charge in [0, 0.05) is 30.4 Å². The van der Waals surface area contributed by atoms with Gasteiger partial charge in [-0.1, -0.05) is 6.07 Å². The lowest BCUT2D eigenvalue weighted by molar-refractivity contribution is 0.499. The smallest absolute Gasteiger partial charge is 0.259 e. The van der Waals surface area contributed by atoms with Gasteiger partial charge in [0.1, 0.15) is 0 Å². The average Bonchev–Trinajstić information content (AvgIpc) is 3.22. The maximum atomic E-state index is 12.4. The highest BCUT2D eigenvalue weighted by molar-refractivity contribution is 7.89. The molecule has 1 N–H and O–H groups in total. The van der Waals surface area contributed by atoms with Crippen molar-refractivity contribution >= 4 is 21.4 Å². The predicted octanol–water partition coefficient (Wildman–Crippen LogP) is 1.86. The van der Waals surface area contributed by atoms with Crippen LogP contribution in [0.4, 0.5) is 0 Å². The molecule has 3 aromatic rings. The van der Waals surface area contributed by atoms with E-state index in [4.69, 9.17) is 0 Å².